The molecule has 1 saturated heterocycles. The Balaban J connectivity index is 1.47. The minimum Gasteiger partial charge on any atom is -0.472 e. The minimum absolute atomic E-state index is 0.0466. The average Bonchev–Trinajstić information content (AvgIpc) is 3.14. The average molecular weight is 330 g/mol. The second-order valence-corrected chi connectivity index (χ2v) is 5.93. The summed E-state index contributed by atoms with van der Waals surface area (Å²) in [7, 11) is 0. The first-order chi connectivity index (χ1) is 11.6. The highest BCUT2D eigenvalue weighted by atomic mass is 19.1. The van der Waals surface area contributed by atoms with Crippen LogP contribution in [0.2, 0.25) is 0 Å². The number of hydrogen-bond donors (Lipinski definition) is 1. The van der Waals surface area contributed by atoms with Gasteiger partial charge in [0.15, 0.2) is 0 Å². The Morgan fingerprint density at radius 1 is 1.25 bits per heavy atom. The summed E-state index contributed by atoms with van der Waals surface area (Å²) in [5.74, 6) is -0.545. The SMILES string of the molecule is O=C(NCc1cccc(F)c1)C1CCN(C(=O)c2ccoc2)CC1. The van der Waals surface area contributed by atoms with E-state index in [0.29, 0.717) is 38.0 Å². The predicted molar refractivity (Wildman–Crippen MR) is 85.6 cm³/mol. The Bertz CT molecular complexity index is 707. The van der Waals surface area contributed by atoms with E-state index in [1.165, 1.54) is 24.7 Å². The number of nitrogens with one attached hydrogen (secondary N) is 1. The van der Waals surface area contributed by atoms with Crippen molar-refractivity contribution in [3.05, 3.63) is 59.8 Å². The Morgan fingerprint density at radius 2 is 2.04 bits per heavy atom. The number of amides is 2. The quantitative estimate of drug-likeness (QED) is 0.937. The molecule has 1 aliphatic heterocycles. The second-order valence-electron chi connectivity index (χ2n) is 5.93. The lowest BCUT2D eigenvalue weighted by Crippen LogP contribution is -2.42. The van der Waals surface area contributed by atoms with Gasteiger partial charge in [-0.25, -0.2) is 4.39 Å². The maximum Gasteiger partial charge on any atom is 0.257 e. The number of carbonyl (C=O) groups is 2. The van der Waals surface area contributed by atoms with Gasteiger partial charge < -0.3 is 14.6 Å². The number of benzene rings is 1. The van der Waals surface area contributed by atoms with Crippen LogP contribution in [-0.4, -0.2) is 29.8 Å². The minimum atomic E-state index is -0.312. The fourth-order valence-electron chi connectivity index (χ4n) is 2.89. The van der Waals surface area contributed by atoms with Crippen molar-refractivity contribution in [2.75, 3.05) is 13.1 Å². The molecular formula is C18H19FN2O3. The highest BCUT2D eigenvalue weighted by molar-refractivity contribution is 5.94. The number of carbonyl (C=O) groups excluding carboxylic acids is 2. The Kier molecular flexibility index (Phi) is 4.93. The van der Waals surface area contributed by atoms with Gasteiger partial charge in [-0.05, 0) is 36.6 Å². The third kappa shape index (κ3) is 3.82. The number of furan rings is 1. The molecule has 3 rings (SSSR count). The van der Waals surface area contributed by atoms with Gasteiger partial charge in [0.25, 0.3) is 5.91 Å². The van der Waals surface area contributed by atoms with Gasteiger partial charge in [0.05, 0.1) is 11.8 Å². The molecule has 1 aliphatic rings. The van der Waals surface area contributed by atoms with Crippen LogP contribution in [-0.2, 0) is 11.3 Å². The molecule has 1 fully saturated rings. The second kappa shape index (κ2) is 7.29. The van der Waals surface area contributed by atoms with E-state index in [4.69, 9.17) is 4.42 Å². The molecule has 2 amide bonds. The van der Waals surface area contributed by atoms with Crippen LogP contribution in [0.5, 0.6) is 0 Å². The highest BCUT2D eigenvalue weighted by Gasteiger charge is 2.27. The van der Waals surface area contributed by atoms with Crippen LogP contribution < -0.4 is 5.32 Å². The van der Waals surface area contributed by atoms with Crippen molar-refractivity contribution in [2.45, 2.75) is 19.4 Å². The molecule has 1 aromatic carbocycles. The Hall–Kier alpha value is -2.63. The molecule has 24 heavy (non-hydrogen) atoms. The van der Waals surface area contributed by atoms with Gasteiger partial charge >= 0.3 is 0 Å². The van der Waals surface area contributed by atoms with Crippen LogP contribution >= 0.6 is 0 Å². The Labute approximate surface area is 139 Å². The third-order valence-electron chi connectivity index (χ3n) is 4.28. The summed E-state index contributed by atoms with van der Waals surface area (Å²) in [6.45, 7) is 1.40. The summed E-state index contributed by atoms with van der Waals surface area (Å²) in [5, 5.41) is 2.84. The molecular weight excluding hydrogens is 311 g/mol. The van der Waals surface area contributed by atoms with Gasteiger partial charge in [0, 0.05) is 25.6 Å². The largest absolute Gasteiger partial charge is 0.472 e. The van der Waals surface area contributed by atoms with E-state index >= 15 is 0 Å². The molecule has 0 bridgehead atoms. The van der Waals surface area contributed by atoms with Gasteiger partial charge in [-0.3, -0.25) is 9.59 Å². The van der Waals surface area contributed by atoms with E-state index in [2.05, 4.69) is 5.32 Å². The van der Waals surface area contributed by atoms with E-state index in [0.717, 1.165) is 5.56 Å². The van der Waals surface area contributed by atoms with Gasteiger partial charge in [-0.2, -0.15) is 0 Å². The standard InChI is InChI=1S/C18H19FN2O3/c19-16-3-1-2-13(10-16)11-20-17(22)14-4-7-21(8-5-14)18(23)15-6-9-24-12-15/h1-3,6,9-10,12,14H,4-5,7-8,11H2,(H,20,22). The lowest BCUT2D eigenvalue weighted by Gasteiger charge is -2.31. The first-order valence-corrected chi connectivity index (χ1v) is 7.97. The molecule has 6 heteroatoms. The molecule has 0 spiro atoms. The molecule has 0 saturated carbocycles. The summed E-state index contributed by atoms with van der Waals surface area (Å²) < 4.78 is 18.1. The van der Waals surface area contributed by atoms with Crippen LogP contribution in [0.15, 0.2) is 47.3 Å². The van der Waals surface area contributed by atoms with Crippen LogP contribution in [0.1, 0.15) is 28.8 Å². The molecule has 1 aromatic heterocycles. The summed E-state index contributed by atoms with van der Waals surface area (Å²) in [5.41, 5.74) is 1.26. The van der Waals surface area contributed by atoms with Crippen molar-refractivity contribution >= 4 is 11.8 Å². The zero-order valence-electron chi connectivity index (χ0n) is 13.2. The molecule has 0 unspecified atom stereocenters. The van der Waals surface area contributed by atoms with Gasteiger partial charge in [-0.1, -0.05) is 12.1 Å². The highest BCUT2D eigenvalue weighted by Crippen LogP contribution is 2.19. The van der Waals surface area contributed by atoms with E-state index in [1.807, 2.05) is 0 Å². The number of nitrogens with zero attached hydrogens (tertiary/aromatic N) is 1. The first-order valence-electron chi connectivity index (χ1n) is 7.97. The van der Waals surface area contributed by atoms with Crippen LogP contribution in [0, 0.1) is 11.7 Å². The number of rotatable bonds is 4. The van der Waals surface area contributed by atoms with E-state index in [-0.39, 0.29) is 23.5 Å². The van der Waals surface area contributed by atoms with Gasteiger partial charge in [-0.15, -0.1) is 0 Å². The molecule has 2 heterocycles. The van der Waals surface area contributed by atoms with Crippen LogP contribution in [0.3, 0.4) is 0 Å². The number of piperidine rings is 1. The summed E-state index contributed by atoms with van der Waals surface area (Å²) >= 11 is 0. The van der Waals surface area contributed by atoms with Crippen molar-refractivity contribution in [3.63, 3.8) is 0 Å². The van der Waals surface area contributed by atoms with E-state index in [1.54, 1.807) is 23.1 Å². The van der Waals surface area contributed by atoms with Crippen molar-refractivity contribution in [2.24, 2.45) is 5.92 Å². The number of halogens is 1. The molecule has 0 radical (unpaired) electrons. The summed E-state index contributed by atoms with van der Waals surface area (Å²) in [6, 6.07) is 7.82. The third-order valence-corrected chi connectivity index (χ3v) is 4.28. The van der Waals surface area contributed by atoms with Crippen molar-refractivity contribution in [3.8, 4) is 0 Å². The normalized spacial score (nSPS) is 15.3. The fraction of sp³-hybridized carbons (Fsp3) is 0.333. The number of likely N-dealkylation sites (tertiary alicyclic amines) is 1. The van der Waals surface area contributed by atoms with Crippen LogP contribution in [0.4, 0.5) is 4.39 Å². The smallest absolute Gasteiger partial charge is 0.257 e. The molecule has 2 aromatic rings. The van der Waals surface area contributed by atoms with Gasteiger partial charge in [0.1, 0.15) is 12.1 Å². The maximum absolute atomic E-state index is 13.1. The molecule has 0 aliphatic carbocycles. The molecule has 1 N–H and O–H groups in total. The van der Waals surface area contributed by atoms with E-state index < -0.39 is 0 Å². The van der Waals surface area contributed by atoms with Crippen molar-refractivity contribution in [1.29, 1.82) is 0 Å². The topological polar surface area (TPSA) is 62.6 Å². The monoisotopic (exact) mass is 330 g/mol. The summed E-state index contributed by atoms with van der Waals surface area (Å²) in [6.07, 6.45) is 4.15. The molecule has 0 atom stereocenters. The van der Waals surface area contributed by atoms with Crippen molar-refractivity contribution < 1.29 is 18.4 Å². The van der Waals surface area contributed by atoms with E-state index in [9.17, 15) is 14.0 Å². The lowest BCUT2D eigenvalue weighted by atomic mass is 9.95. The maximum atomic E-state index is 13.1. The summed E-state index contributed by atoms with van der Waals surface area (Å²) in [4.78, 5) is 26.2. The van der Waals surface area contributed by atoms with Crippen molar-refractivity contribution in [1.82, 2.24) is 10.2 Å². The zero-order chi connectivity index (χ0) is 16.9. The zero-order valence-corrected chi connectivity index (χ0v) is 13.2. The van der Waals surface area contributed by atoms with Crippen LogP contribution in [0.25, 0.3) is 0 Å². The molecule has 126 valence electrons. The first kappa shape index (κ1) is 16.2. The van der Waals surface area contributed by atoms with Gasteiger partial charge in [0.2, 0.25) is 5.91 Å². The molecule has 5 nitrogen and oxygen atoms in total. The predicted octanol–water partition coefficient (Wildman–Crippen LogP) is 2.59. The lowest BCUT2D eigenvalue weighted by molar-refractivity contribution is -0.126. The Morgan fingerprint density at radius 3 is 2.71 bits per heavy atom. The fourth-order valence-corrected chi connectivity index (χ4v) is 2.89. The number of hydrogen-bond acceptors (Lipinski definition) is 3.